The number of hydrogen-bond donors (Lipinski definition) is 5. The zero-order valence-electron chi connectivity index (χ0n) is 17.1. The molecule has 1 aliphatic heterocycles. The van der Waals surface area contributed by atoms with E-state index in [4.69, 9.17) is 31.2 Å². The Morgan fingerprint density at radius 2 is 2.03 bits per heavy atom. The Balaban J connectivity index is 0.00000113. The van der Waals surface area contributed by atoms with E-state index >= 15 is 0 Å². The molecule has 0 aromatic carbocycles. The minimum atomic E-state index is -1.16. The molecule has 0 bridgehead atoms. The average molecular weight is 451 g/mol. The van der Waals surface area contributed by atoms with Gasteiger partial charge in [-0.05, 0) is 10.9 Å². The molecular formula is C16H24LiN6O7S. The van der Waals surface area contributed by atoms with Gasteiger partial charge in [-0.1, -0.05) is 0 Å². The van der Waals surface area contributed by atoms with Gasteiger partial charge in [-0.25, -0.2) is 15.0 Å². The van der Waals surface area contributed by atoms with E-state index in [2.05, 4.69) is 15.0 Å². The van der Waals surface area contributed by atoms with Crippen molar-refractivity contribution in [1.82, 2.24) is 19.5 Å². The van der Waals surface area contributed by atoms with Crippen LogP contribution in [0.1, 0.15) is 12.6 Å². The van der Waals surface area contributed by atoms with Crippen molar-refractivity contribution in [2.75, 3.05) is 23.5 Å². The van der Waals surface area contributed by atoms with Gasteiger partial charge in [0.2, 0.25) is 0 Å². The second-order valence-corrected chi connectivity index (χ2v) is 8.92. The molecule has 167 valence electrons. The Morgan fingerprint density at radius 1 is 1.39 bits per heavy atom. The maximum absolute atomic E-state index is 10.8. The van der Waals surface area contributed by atoms with Crippen molar-refractivity contribution in [1.29, 1.82) is 0 Å². The van der Waals surface area contributed by atoms with Gasteiger partial charge in [-0.2, -0.15) is 0 Å². The number of carbonyl (C=O) groups is 2. The molecule has 7 N–H and O–H groups in total. The molecule has 1 saturated heterocycles. The van der Waals surface area contributed by atoms with Crippen molar-refractivity contribution in [3.8, 4) is 0 Å². The van der Waals surface area contributed by atoms with Crippen molar-refractivity contribution >= 4 is 59.2 Å². The van der Waals surface area contributed by atoms with Crippen LogP contribution in [0.4, 0.5) is 5.82 Å². The molecule has 31 heavy (non-hydrogen) atoms. The Hall–Kier alpha value is -1.92. The molecular weight excluding hydrogens is 427 g/mol. The van der Waals surface area contributed by atoms with E-state index < -0.39 is 43.0 Å². The van der Waals surface area contributed by atoms with Crippen LogP contribution in [-0.2, 0) is 25.2 Å². The van der Waals surface area contributed by atoms with E-state index in [0.29, 0.717) is 29.1 Å². The molecule has 0 saturated carbocycles. The molecule has 1 aliphatic rings. The molecule has 2 aromatic heterocycles. The first-order valence-corrected chi connectivity index (χ1v) is 10.8. The van der Waals surface area contributed by atoms with Crippen LogP contribution in [0.5, 0.6) is 0 Å². The number of nitrogen functional groups attached to an aromatic ring is 1. The molecule has 2 aromatic rings. The van der Waals surface area contributed by atoms with Gasteiger partial charge >= 0.3 is 5.97 Å². The number of aliphatic carboxylic acids is 1. The maximum Gasteiger partial charge on any atom is 0.320 e. The Labute approximate surface area is 192 Å². The van der Waals surface area contributed by atoms with E-state index in [1.807, 2.05) is 6.26 Å². The van der Waals surface area contributed by atoms with E-state index in [1.54, 1.807) is 0 Å². The topological polar surface area (TPSA) is 223 Å². The van der Waals surface area contributed by atoms with Crippen molar-refractivity contribution in [2.24, 2.45) is 5.73 Å². The number of aliphatic hydroxyl groups excluding tert-OH is 2. The molecule has 1 unspecified atom stereocenters. The summed E-state index contributed by atoms with van der Waals surface area (Å²) >= 11 is 0. The number of nitrogens with zero attached hydrogens (tertiary/aromatic N) is 4. The minimum absolute atomic E-state index is 0. The van der Waals surface area contributed by atoms with Crippen LogP contribution in [0, 0.1) is 0 Å². The molecule has 3 heterocycles. The smallest absolute Gasteiger partial charge is 0.320 e. The molecule has 13 nitrogen and oxygen atoms in total. The van der Waals surface area contributed by atoms with Crippen LogP contribution in [0.15, 0.2) is 12.7 Å². The normalized spacial score (nSPS) is 24.5. The number of hydrogen-bond acceptors (Lipinski definition) is 11. The number of carbonyl (C=O) groups excluding carboxylic acids is 1. The van der Waals surface area contributed by atoms with Crippen LogP contribution in [0.3, 0.4) is 0 Å². The zero-order valence-corrected chi connectivity index (χ0v) is 17.9. The third-order valence-electron chi connectivity index (χ3n) is 4.54. The average Bonchev–Trinajstić information content (AvgIpc) is 3.24. The first kappa shape index (κ1) is 27.1. The molecule has 1 radical (unpaired) electrons. The number of anilines is 1. The Kier molecular flexibility index (Phi) is 10.7. The fourth-order valence-corrected chi connectivity index (χ4v) is 4.63. The van der Waals surface area contributed by atoms with E-state index in [1.165, 1.54) is 17.2 Å². The number of carboxylic acid groups (broad SMARTS) is 2. The van der Waals surface area contributed by atoms with Crippen LogP contribution in [-0.4, -0.2) is 108 Å². The summed E-state index contributed by atoms with van der Waals surface area (Å²) in [6.07, 6.45) is 1.31. The fraction of sp³-hybridized carbons (Fsp3) is 0.562. The van der Waals surface area contributed by atoms with E-state index in [9.17, 15) is 15.0 Å². The van der Waals surface area contributed by atoms with Crippen molar-refractivity contribution in [3.63, 3.8) is 0 Å². The summed E-state index contributed by atoms with van der Waals surface area (Å²) in [5, 5.41) is 37.9. The minimum Gasteiger partial charge on any atom is -0.554 e. The van der Waals surface area contributed by atoms with Crippen LogP contribution in [0.25, 0.3) is 11.2 Å². The third kappa shape index (κ3) is 6.53. The predicted octanol–water partition coefficient (Wildman–Crippen LogP) is -3.94. The molecule has 15 heteroatoms. The summed E-state index contributed by atoms with van der Waals surface area (Å²) in [5.41, 5.74) is 12.1. The fourth-order valence-electron chi connectivity index (χ4n) is 2.97. The van der Waals surface area contributed by atoms with Gasteiger partial charge in [0.15, 0.2) is 17.7 Å². The number of imidazole rings is 1. The van der Waals surface area contributed by atoms with Crippen LogP contribution in [0.2, 0.25) is 0 Å². The van der Waals surface area contributed by atoms with Gasteiger partial charge in [-0.3, -0.25) is 9.36 Å². The van der Waals surface area contributed by atoms with Gasteiger partial charge in [0, 0.05) is 31.8 Å². The van der Waals surface area contributed by atoms with Crippen molar-refractivity contribution in [2.45, 2.75) is 37.0 Å². The maximum atomic E-state index is 10.8. The monoisotopic (exact) mass is 451 g/mol. The summed E-state index contributed by atoms with van der Waals surface area (Å²) in [7, 11) is -0.235. The van der Waals surface area contributed by atoms with Crippen molar-refractivity contribution in [3.05, 3.63) is 12.7 Å². The molecule has 6 atom stereocenters. The first-order valence-electron chi connectivity index (χ1n) is 8.79. The third-order valence-corrected chi connectivity index (χ3v) is 6.37. The molecule has 1 fully saturated rings. The quantitative estimate of drug-likeness (QED) is 0.155. The second kappa shape index (κ2) is 12.2. The SMILES string of the molecule is C[S+](CC[C@H](N)C(=O)O)C[C@H]1O[C@@H](n2cnc3c(N)ncnc32)[C@H](O)[C@@H]1O.O=C[O-].[Li]. The largest absolute Gasteiger partial charge is 0.554 e. The van der Waals surface area contributed by atoms with Crippen molar-refractivity contribution < 1.29 is 34.8 Å². The standard InChI is InChI=1S/C15H22N6O5S.CH2O2.Li/c1-27(3-2-7(16)15(24)25)4-8-10(22)11(23)14(26-8)21-6-20-9-12(17)18-5-19-13(9)21;2-1-3;/h5-8,10-11,14,22-23H,2-4,16H2,1H3,(H2-,17,18,19,24,25);1H,(H,2,3);/t7-,8+,10+,11+,14+,27?;;/m0../s1. The van der Waals surface area contributed by atoms with E-state index in [-0.39, 0.29) is 35.6 Å². The summed E-state index contributed by atoms with van der Waals surface area (Å²) < 4.78 is 7.41. The number of fused-ring (bicyclic) bond motifs is 1. The Bertz CT molecular complexity index is 874. The molecule has 0 spiro atoms. The first-order chi connectivity index (χ1) is 14.2. The number of aromatic nitrogens is 4. The van der Waals surface area contributed by atoms with Crippen LogP contribution < -0.4 is 16.6 Å². The number of carboxylic acids is 1. The van der Waals surface area contributed by atoms with Gasteiger partial charge in [0.05, 0.1) is 12.6 Å². The summed E-state index contributed by atoms with van der Waals surface area (Å²) in [5.74, 6) is 0.254. The van der Waals surface area contributed by atoms with Crippen LogP contribution >= 0.6 is 0 Å². The van der Waals surface area contributed by atoms with Gasteiger partial charge in [0.25, 0.3) is 0 Å². The van der Waals surface area contributed by atoms with Gasteiger partial charge in [0.1, 0.15) is 47.7 Å². The molecule has 0 amide bonds. The zero-order chi connectivity index (χ0) is 22.4. The van der Waals surface area contributed by atoms with Gasteiger partial charge in [-0.15, -0.1) is 0 Å². The predicted molar refractivity (Wildman–Crippen MR) is 111 cm³/mol. The summed E-state index contributed by atoms with van der Waals surface area (Å²) in [4.78, 5) is 31.2. The second-order valence-electron chi connectivity index (χ2n) is 6.61. The molecule has 3 rings (SSSR count). The van der Waals surface area contributed by atoms with Gasteiger partial charge < -0.3 is 41.4 Å². The summed E-state index contributed by atoms with van der Waals surface area (Å²) in [6.45, 7) is -0.500. The van der Waals surface area contributed by atoms with E-state index in [0.717, 1.165) is 0 Å². The number of aliphatic hydroxyl groups is 2. The summed E-state index contributed by atoms with van der Waals surface area (Å²) in [6, 6.07) is -0.907. The number of ether oxygens (including phenoxy) is 1. The Morgan fingerprint density at radius 3 is 2.65 bits per heavy atom. The number of nitrogens with two attached hydrogens (primary N) is 2. The molecule has 0 aliphatic carbocycles. The number of rotatable bonds is 7.